The van der Waals surface area contributed by atoms with Crippen molar-refractivity contribution in [1.29, 1.82) is 0 Å². The molecule has 2 aliphatic heterocycles. The Morgan fingerprint density at radius 1 is 1.12 bits per heavy atom. The van der Waals surface area contributed by atoms with Crippen molar-refractivity contribution in [1.82, 2.24) is 10.2 Å². The van der Waals surface area contributed by atoms with Crippen molar-refractivity contribution in [3.05, 3.63) is 0 Å². The number of likely N-dealkylation sites (tertiary alicyclic amines) is 1. The van der Waals surface area contributed by atoms with Crippen molar-refractivity contribution in [2.24, 2.45) is 22.7 Å². The number of nitrogens with one attached hydrogen (secondary N) is 1. The fourth-order valence-corrected chi connectivity index (χ4v) is 4.56. The van der Waals surface area contributed by atoms with Gasteiger partial charge in [0.25, 0.3) is 0 Å². The van der Waals surface area contributed by atoms with Crippen molar-refractivity contribution in [3.63, 3.8) is 0 Å². The van der Waals surface area contributed by atoms with Crippen molar-refractivity contribution in [2.45, 2.75) is 63.6 Å². The molecule has 2 saturated heterocycles. The summed E-state index contributed by atoms with van der Waals surface area (Å²) in [6.45, 7) is 4.91. The van der Waals surface area contributed by atoms with Crippen LogP contribution >= 0.6 is 0 Å². The Bertz CT molecular complexity index is 436. The number of aliphatic imine (C=N–C) groups is 1. The van der Waals surface area contributed by atoms with Crippen LogP contribution in [0.2, 0.25) is 0 Å². The zero-order chi connectivity index (χ0) is 17.1. The molecule has 4 fully saturated rings. The van der Waals surface area contributed by atoms with Crippen LogP contribution in [0.5, 0.6) is 0 Å². The molecule has 2 heterocycles. The minimum Gasteiger partial charge on any atom is -0.376 e. The van der Waals surface area contributed by atoms with Gasteiger partial charge in [0.2, 0.25) is 0 Å². The highest BCUT2D eigenvalue weighted by Crippen LogP contribution is 2.48. The largest absolute Gasteiger partial charge is 0.376 e. The summed E-state index contributed by atoms with van der Waals surface area (Å²) in [5.74, 6) is 3.98. The van der Waals surface area contributed by atoms with E-state index in [1.54, 1.807) is 0 Å². The van der Waals surface area contributed by atoms with Crippen molar-refractivity contribution >= 4 is 5.96 Å². The summed E-state index contributed by atoms with van der Waals surface area (Å²) in [4.78, 5) is 6.97. The third-order valence-corrected chi connectivity index (χ3v) is 6.45. The van der Waals surface area contributed by atoms with E-state index in [1.807, 2.05) is 7.05 Å². The van der Waals surface area contributed by atoms with Gasteiger partial charge < -0.3 is 19.7 Å². The molecule has 1 N–H and O–H groups in total. The van der Waals surface area contributed by atoms with Crippen LogP contribution in [0.25, 0.3) is 0 Å². The van der Waals surface area contributed by atoms with E-state index in [0.29, 0.717) is 12.2 Å². The summed E-state index contributed by atoms with van der Waals surface area (Å²) in [5.41, 5.74) is 0. The number of nitrogens with zero attached hydrogens (tertiary/aromatic N) is 2. The lowest BCUT2D eigenvalue weighted by Gasteiger charge is -2.35. The first-order chi connectivity index (χ1) is 12.3. The van der Waals surface area contributed by atoms with Gasteiger partial charge in [0, 0.05) is 33.3 Å². The molecule has 142 valence electrons. The Labute approximate surface area is 152 Å². The molecule has 25 heavy (non-hydrogen) atoms. The Kier molecular flexibility index (Phi) is 5.81. The van der Waals surface area contributed by atoms with Gasteiger partial charge in [-0.1, -0.05) is 0 Å². The minimum atomic E-state index is 0.342. The molecular weight excluding hydrogens is 314 g/mol. The Morgan fingerprint density at radius 2 is 1.84 bits per heavy atom. The van der Waals surface area contributed by atoms with E-state index in [0.717, 1.165) is 69.4 Å². The molecule has 1 atom stereocenters. The van der Waals surface area contributed by atoms with Gasteiger partial charge in [0.15, 0.2) is 5.96 Å². The molecule has 4 aliphatic rings. The van der Waals surface area contributed by atoms with Crippen LogP contribution in [-0.4, -0.2) is 63.0 Å². The van der Waals surface area contributed by atoms with Crippen molar-refractivity contribution in [3.8, 4) is 0 Å². The summed E-state index contributed by atoms with van der Waals surface area (Å²) in [5, 5.41) is 3.69. The summed E-state index contributed by atoms with van der Waals surface area (Å²) in [7, 11) is 1.92. The molecule has 0 amide bonds. The SMILES string of the molecule is CN=C(NCC(C1CC1)C1CC1)N1CCC(OC[C@H]2CCCO2)CC1. The quantitative estimate of drug-likeness (QED) is 0.567. The van der Waals surface area contributed by atoms with Gasteiger partial charge in [-0.15, -0.1) is 0 Å². The topological polar surface area (TPSA) is 46.1 Å². The van der Waals surface area contributed by atoms with Gasteiger partial charge in [-0.2, -0.15) is 0 Å². The van der Waals surface area contributed by atoms with Gasteiger partial charge in [0.1, 0.15) is 0 Å². The van der Waals surface area contributed by atoms with E-state index in [9.17, 15) is 0 Å². The summed E-state index contributed by atoms with van der Waals surface area (Å²) in [6, 6.07) is 0. The lowest BCUT2D eigenvalue weighted by atomic mass is 9.98. The van der Waals surface area contributed by atoms with Crippen LogP contribution in [0.1, 0.15) is 51.4 Å². The highest BCUT2D eigenvalue weighted by atomic mass is 16.5. The van der Waals surface area contributed by atoms with Gasteiger partial charge in [0.05, 0.1) is 18.8 Å². The summed E-state index contributed by atoms with van der Waals surface area (Å²) < 4.78 is 11.8. The van der Waals surface area contributed by atoms with Gasteiger partial charge in [-0.25, -0.2) is 0 Å². The predicted octanol–water partition coefficient (Wildman–Crippen LogP) is 2.66. The zero-order valence-corrected chi connectivity index (χ0v) is 15.8. The maximum absolute atomic E-state index is 6.09. The molecule has 5 heteroatoms. The third kappa shape index (κ3) is 4.88. The highest BCUT2D eigenvalue weighted by molar-refractivity contribution is 5.80. The maximum atomic E-state index is 6.09. The minimum absolute atomic E-state index is 0.342. The van der Waals surface area contributed by atoms with Crippen LogP contribution in [0.3, 0.4) is 0 Å². The molecule has 0 aromatic heterocycles. The van der Waals surface area contributed by atoms with E-state index >= 15 is 0 Å². The maximum Gasteiger partial charge on any atom is 0.193 e. The molecule has 2 aliphatic carbocycles. The molecule has 0 spiro atoms. The van der Waals surface area contributed by atoms with E-state index in [1.165, 1.54) is 38.5 Å². The van der Waals surface area contributed by atoms with Crippen LogP contribution in [0.4, 0.5) is 0 Å². The summed E-state index contributed by atoms with van der Waals surface area (Å²) in [6.07, 6.45) is 11.1. The Hall–Kier alpha value is -0.810. The van der Waals surface area contributed by atoms with Crippen LogP contribution < -0.4 is 5.32 Å². The van der Waals surface area contributed by atoms with Crippen LogP contribution in [-0.2, 0) is 9.47 Å². The Morgan fingerprint density at radius 3 is 2.40 bits per heavy atom. The monoisotopic (exact) mass is 349 g/mol. The molecule has 0 unspecified atom stereocenters. The van der Waals surface area contributed by atoms with Crippen molar-refractivity contribution in [2.75, 3.05) is 39.9 Å². The fourth-order valence-electron chi connectivity index (χ4n) is 4.56. The van der Waals surface area contributed by atoms with Gasteiger partial charge >= 0.3 is 0 Å². The number of rotatable bonds is 7. The zero-order valence-electron chi connectivity index (χ0n) is 15.8. The van der Waals surface area contributed by atoms with Crippen LogP contribution in [0.15, 0.2) is 4.99 Å². The van der Waals surface area contributed by atoms with E-state index < -0.39 is 0 Å². The number of hydrogen-bond acceptors (Lipinski definition) is 3. The normalized spacial score (nSPS) is 28.8. The molecular formula is C20H35N3O2. The predicted molar refractivity (Wildman–Crippen MR) is 99.8 cm³/mol. The lowest BCUT2D eigenvalue weighted by Crippen LogP contribution is -2.48. The lowest BCUT2D eigenvalue weighted by molar-refractivity contribution is -0.0367. The molecule has 0 bridgehead atoms. The average Bonchev–Trinajstić information content (AvgIpc) is 3.58. The first-order valence-electron chi connectivity index (χ1n) is 10.5. The van der Waals surface area contributed by atoms with Gasteiger partial charge in [-0.05, 0) is 69.1 Å². The number of piperidine rings is 1. The second kappa shape index (κ2) is 8.26. The average molecular weight is 350 g/mol. The van der Waals surface area contributed by atoms with Crippen molar-refractivity contribution < 1.29 is 9.47 Å². The smallest absolute Gasteiger partial charge is 0.193 e. The molecule has 0 aromatic rings. The van der Waals surface area contributed by atoms with E-state index in [2.05, 4.69) is 15.2 Å². The third-order valence-electron chi connectivity index (χ3n) is 6.45. The number of hydrogen-bond donors (Lipinski definition) is 1. The highest BCUT2D eigenvalue weighted by Gasteiger charge is 2.41. The molecule has 0 aromatic carbocycles. The molecule has 2 saturated carbocycles. The Balaban J connectivity index is 1.17. The number of guanidine groups is 1. The van der Waals surface area contributed by atoms with Gasteiger partial charge in [-0.3, -0.25) is 4.99 Å². The second-order valence-electron chi connectivity index (χ2n) is 8.42. The van der Waals surface area contributed by atoms with Crippen LogP contribution in [0, 0.1) is 17.8 Å². The second-order valence-corrected chi connectivity index (χ2v) is 8.42. The van der Waals surface area contributed by atoms with E-state index in [-0.39, 0.29) is 0 Å². The first-order valence-corrected chi connectivity index (χ1v) is 10.5. The first kappa shape index (κ1) is 17.6. The summed E-state index contributed by atoms with van der Waals surface area (Å²) >= 11 is 0. The standard InChI is InChI=1S/C20H35N3O2/c1-21-20(22-13-19(15-4-5-15)16-6-7-16)23-10-8-17(9-11-23)25-14-18-3-2-12-24-18/h15-19H,2-14H2,1H3,(H,21,22)/t18-/m1/s1. The fraction of sp³-hybridized carbons (Fsp3) is 0.950. The number of ether oxygens (including phenoxy) is 2. The molecule has 0 radical (unpaired) electrons. The molecule has 5 nitrogen and oxygen atoms in total. The molecule has 4 rings (SSSR count). The van der Waals surface area contributed by atoms with E-state index in [4.69, 9.17) is 9.47 Å².